The van der Waals surface area contributed by atoms with Gasteiger partial charge in [-0.2, -0.15) is 0 Å². The van der Waals surface area contributed by atoms with Gasteiger partial charge in [0.05, 0.1) is 7.11 Å². The average Bonchev–Trinajstić information content (AvgIpc) is 2.36. The Labute approximate surface area is 114 Å². The Bertz CT molecular complexity index is 457. The van der Waals surface area contributed by atoms with Gasteiger partial charge in [0.2, 0.25) is 0 Å². The topological polar surface area (TPSA) is 43.4 Å². The fourth-order valence-electron chi connectivity index (χ4n) is 3.61. The maximum absolute atomic E-state index is 11.9. The van der Waals surface area contributed by atoms with Crippen LogP contribution in [0.2, 0.25) is 0 Å². The second kappa shape index (κ2) is 5.32. The first-order valence-corrected chi connectivity index (χ1v) is 6.95. The monoisotopic (exact) mass is 262 g/mol. The predicted octanol–water partition coefficient (Wildman–Crippen LogP) is 2.91. The molecule has 0 amide bonds. The molecule has 0 aromatic rings. The van der Waals surface area contributed by atoms with E-state index in [4.69, 9.17) is 4.74 Å². The summed E-state index contributed by atoms with van der Waals surface area (Å²) in [7, 11) is 1.40. The van der Waals surface area contributed by atoms with Crippen molar-refractivity contribution in [2.45, 2.75) is 33.6 Å². The van der Waals surface area contributed by atoms with E-state index in [2.05, 4.69) is 13.8 Å². The highest BCUT2D eigenvalue weighted by atomic mass is 16.5. The standard InChI is InChI=1S/C16H22O3/c1-9(2)12-5-6-13(16(18)19-4)14-8-11(17)7-10(3)15(12)14/h6-7,9,12,14-15H,5,8H2,1-4H3/t12-,14+,15-/m1/s1. The molecular weight excluding hydrogens is 240 g/mol. The molecule has 3 atom stereocenters. The first kappa shape index (κ1) is 14.0. The number of hydrogen-bond donors (Lipinski definition) is 0. The summed E-state index contributed by atoms with van der Waals surface area (Å²) in [6.45, 7) is 6.44. The number of methoxy groups -OCH3 is 1. The quantitative estimate of drug-likeness (QED) is 0.719. The Morgan fingerprint density at radius 3 is 2.68 bits per heavy atom. The Kier molecular flexibility index (Phi) is 3.93. The van der Waals surface area contributed by atoms with E-state index in [9.17, 15) is 9.59 Å². The zero-order valence-electron chi connectivity index (χ0n) is 12.1. The fraction of sp³-hybridized carbons (Fsp3) is 0.625. The van der Waals surface area contributed by atoms with E-state index in [0.717, 1.165) is 12.0 Å². The van der Waals surface area contributed by atoms with E-state index in [1.807, 2.05) is 13.0 Å². The van der Waals surface area contributed by atoms with Gasteiger partial charge in [-0.1, -0.05) is 25.5 Å². The molecule has 0 unspecified atom stereocenters. The summed E-state index contributed by atoms with van der Waals surface area (Å²) in [5.74, 6) is 1.20. The lowest BCUT2D eigenvalue weighted by atomic mass is 9.62. The lowest BCUT2D eigenvalue weighted by Crippen LogP contribution is -2.38. The molecule has 3 nitrogen and oxygen atoms in total. The van der Waals surface area contributed by atoms with Gasteiger partial charge in [0.25, 0.3) is 0 Å². The van der Waals surface area contributed by atoms with Crippen molar-refractivity contribution in [2.24, 2.45) is 23.7 Å². The van der Waals surface area contributed by atoms with Crippen LogP contribution in [0.15, 0.2) is 23.3 Å². The molecule has 0 radical (unpaired) electrons. The maximum Gasteiger partial charge on any atom is 0.333 e. The van der Waals surface area contributed by atoms with Crippen molar-refractivity contribution in [1.82, 2.24) is 0 Å². The third kappa shape index (κ3) is 2.51. The minimum atomic E-state index is -0.278. The molecule has 3 heteroatoms. The first-order chi connectivity index (χ1) is 8.95. The van der Waals surface area contributed by atoms with Crippen LogP contribution in [0.4, 0.5) is 0 Å². The predicted molar refractivity (Wildman–Crippen MR) is 73.4 cm³/mol. The second-order valence-electron chi connectivity index (χ2n) is 5.99. The molecule has 2 rings (SSSR count). The molecule has 2 aliphatic rings. The van der Waals surface area contributed by atoms with Gasteiger partial charge < -0.3 is 4.74 Å². The minimum Gasteiger partial charge on any atom is -0.466 e. The van der Waals surface area contributed by atoms with E-state index in [1.165, 1.54) is 7.11 Å². The van der Waals surface area contributed by atoms with Crippen molar-refractivity contribution >= 4 is 11.8 Å². The molecule has 2 aliphatic carbocycles. The molecule has 104 valence electrons. The van der Waals surface area contributed by atoms with Crippen molar-refractivity contribution in [3.05, 3.63) is 23.3 Å². The summed E-state index contributed by atoms with van der Waals surface area (Å²) >= 11 is 0. The van der Waals surface area contributed by atoms with Crippen LogP contribution in [-0.4, -0.2) is 18.9 Å². The highest BCUT2D eigenvalue weighted by Gasteiger charge is 2.42. The van der Waals surface area contributed by atoms with Crippen molar-refractivity contribution in [1.29, 1.82) is 0 Å². The SMILES string of the molecule is COC(=O)C1=CC[C@H](C(C)C)[C@H]2C(C)=CC(=O)C[C@@H]12. The van der Waals surface area contributed by atoms with Gasteiger partial charge in [-0.05, 0) is 37.2 Å². The van der Waals surface area contributed by atoms with Gasteiger partial charge in [0.1, 0.15) is 0 Å². The van der Waals surface area contributed by atoms with E-state index < -0.39 is 0 Å². The summed E-state index contributed by atoms with van der Waals surface area (Å²) in [4.78, 5) is 23.7. The lowest BCUT2D eigenvalue weighted by molar-refractivity contribution is -0.137. The van der Waals surface area contributed by atoms with Crippen LogP contribution in [0, 0.1) is 23.7 Å². The van der Waals surface area contributed by atoms with Crippen LogP contribution in [0.5, 0.6) is 0 Å². The zero-order chi connectivity index (χ0) is 14.2. The number of allylic oxidation sites excluding steroid dienone is 3. The molecule has 0 spiro atoms. The fourth-order valence-corrected chi connectivity index (χ4v) is 3.61. The Morgan fingerprint density at radius 1 is 1.42 bits per heavy atom. The van der Waals surface area contributed by atoms with Gasteiger partial charge >= 0.3 is 5.97 Å². The van der Waals surface area contributed by atoms with E-state index >= 15 is 0 Å². The molecule has 0 aromatic heterocycles. The summed E-state index contributed by atoms with van der Waals surface area (Å²) in [5, 5.41) is 0. The molecule has 0 saturated heterocycles. The van der Waals surface area contributed by atoms with Gasteiger partial charge in [0, 0.05) is 17.9 Å². The van der Waals surface area contributed by atoms with E-state index in [-0.39, 0.29) is 17.7 Å². The van der Waals surface area contributed by atoms with E-state index in [0.29, 0.717) is 29.7 Å². The summed E-state index contributed by atoms with van der Waals surface area (Å²) in [5.41, 5.74) is 1.82. The normalized spacial score (nSPS) is 30.6. The number of hydrogen-bond acceptors (Lipinski definition) is 3. The number of carbonyl (C=O) groups is 2. The van der Waals surface area contributed by atoms with E-state index in [1.54, 1.807) is 6.08 Å². The molecule has 0 aliphatic heterocycles. The van der Waals surface area contributed by atoms with Crippen molar-refractivity contribution < 1.29 is 14.3 Å². The third-order valence-corrected chi connectivity index (χ3v) is 4.52. The second-order valence-corrected chi connectivity index (χ2v) is 5.99. The van der Waals surface area contributed by atoms with Gasteiger partial charge in [-0.15, -0.1) is 0 Å². The maximum atomic E-state index is 11.9. The Morgan fingerprint density at radius 2 is 2.11 bits per heavy atom. The van der Waals surface area contributed by atoms with Crippen LogP contribution in [0.3, 0.4) is 0 Å². The van der Waals surface area contributed by atoms with Crippen LogP contribution in [0.1, 0.15) is 33.6 Å². The van der Waals surface area contributed by atoms with Crippen LogP contribution >= 0.6 is 0 Å². The lowest BCUT2D eigenvalue weighted by Gasteiger charge is -2.42. The van der Waals surface area contributed by atoms with Crippen LogP contribution in [0.25, 0.3) is 0 Å². The number of fused-ring (bicyclic) bond motifs is 1. The smallest absolute Gasteiger partial charge is 0.333 e. The zero-order valence-corrected chi connectivity index (χ0v) is 12.1. The minimum absolute atomic E-state index is 0.00565. The van der Waals surface area contributed by atoms with Crippen LogP contribution < -0.4 is 0 Å². The van der Waals surface area contributed by atoms with Gasteiger partial charge in [0.15, 0.2) is 5.78 Å². The number of carbonyl (C=O) groups excluding carboxylic acids is 2. The van der Waals surface area contributed by atoms with Gasteiger partial charge in [-0.25, -0.2) is 4.79 Å². The molecular formula is C16H22O3. The molecule has 0 aromatic carbocycles. The number of esters is 1. The number of ether oxygens (including phenoxy) is 1. The largest absolute Gasteiger partial charge is 0.466 e. The van der Waals surface area contributed by atoms with Crippen molar-refractivity contribution in [3.8, 4) is 0 Å². The summed E-state index contributed by atoms with van der Waals surface area (Å²) < 4.78 is 4.87. The number of rotatable bonds is 2. The van der Waals surface area contributed by atoms with Crippen molar-refractivity contribution in [3.63, 3.8) is 0 Å². The molecule has 0 saturated carbocycles. The summed E-state index contributed by atoms with van der Waals surface area (Å²) in [6.07, 6.45) is 5.08. The Balaban J connectivity index is 2.42. The molecule has 0 fully saturated rings. The van der Waals surface area contributed by atoms with Crippen LogP contribution in [-0.2, 0) is 14.3 Å². The number of ketones is 1. The average molecular weight is 262 g/mol. The molecule has 0 N–H and O–H groups in total. The highest BCUT2D eigenvalue weighted by molar-refractivity contribution is 5.95. The Hall–Kier alpha value is -1.38. The summed E-state index contributed by atoms with van der Waals surface area (Å²) in [6, 6.07) is 0. The van der Waals surface area contributed by atoms with Crippen molar-refractivity contribution in [2.75, 3.05) is 7.11 Å². The molecule has 19 heavy (non-hydrogen) atoms. The molecule has 0 bridgehead atoms. The third-order valence-electron chi connectivity index (χ3n) is 4.52. The highest BCUT2D eigenvalue weighted by Crippen LogP contribution is 2.46. The first-order valence-electron chi connectivity index (χ1n) is 6.95. The van der Waals surface area contributed by atoms with Gasteiger partial charge in [-0.3, -0.25) is 4.79 Å². The molecule has 0 heterocycles.